The number of rotatable bonds is 9. The third-order valence-electron chi connectivity index (χ3n) is 2.61. The molecule has 0 atom stereocenters. The van der Waals surface area contributed by atoms with Crippen LogP contribution in [0.25, 0.3) is 0 Å². The van der Waals surface area contributed by atoms with Gasteiger partial charge in [0.25, 0.3) is 0 Å². The Morgan fingerprint density at radius 1 is 1.35 bits per heavy atom. The number of carbonyl (C=O) groups is 1. The van der Waals surface area contributed by atoms with Gasteiger partial charge in [-0.05, 0) is 30.5 Å². The van der Waals surface area contributed by atoms with E-state index in [2.05, 4.69) is 29.2 Å². The van der Waals surface area contributed by atoms with Gasteiger partial charge in [-0.25, -0.2) is 4.79 Å². The first-order valence-electron chi connectivity index (χ1n) is 7.25. The van der Waals surface area contributed by atoms with Gasteiger partial charge in [0.2, 0.25) is 0 Å². The van der Waals surface area contributed by atoms with Crippen LogP contribution in [-0.2, 0) is 4.74 Å². The van der Waals surface area contributed by atoms with Gasteiger partial charge in [-0.2, -0.15) is 8.78 Å². The second-order valence-corrected chi connectivity index (χ2v) is 5.63. The van der Waals surface area contributed by atoms with Gasteiger partial charge in [0.15, 0.2) is 0 Å². The molecule has 1 aromatic carbocycles. The average molecular weight is 351 g/mol. The Kier molecular flexibility index (Phi) is 8.65. The third kappa shape index (κ3) is 8.56. The van der Waals surface area contributed by atoms with E-state index in [9.17, 15) is 13.6 Å². The van der Waals surface area contributed by atoms with E-state index in [0.717, 1.165) is 0 Å². The Morgan fingerprint density at radius 2 is 2.09 bits per heavy atom. The summed E-state index contributed by atoms with van der Waals surface area (Å²) in [7, 11) is 0. The van der Waals surface area contributed by atoms with Crippen LogP contribution in [0.5, 0.6) is 5.75 Å². The summed E-state index contributed by atoms with van der Waals surface area (Å²) in [6.07, 6.45) is 0.696. The number of alkyl halides is 2. The molecule has 0 aliphatic heterocycles. The molecule has 0 unspecified atom stereocenters. The normalized spacial score (nSPS) is 10.9. The summed E-state index contributed by atoms with van der Waals surface area (Å²) in [5, 5.41) is 5.21. The van der Waals surface area contributed by atoms with E-state index in [0.29, 0.717) is 37.8 Å². The number of ether oxygens (including phenoxy) is 2. The Balaban J connectivity index is 2.30. The van der Waals surface area contributed by atoms with Crippen LogP contribution < -0.4 is 15.4 Å². The first-order chi connectivity index (χ1) is 10.9. The van der Waals surface area contributed by atoms with Crippen LogP contribution in [0, 0.1) is 5.92 Å². The van der Waals surface area contributed by atoms with Gasteiger partial charge < -0.3 is 20.1 Å². The highest BCUT2D eigenvalue weighted by Crippen LogP contribution is 2.28. The summed E-state index contributed by atoms with van der Waals surface area (Å²) in [5.41, 5.74) is 0.380. The van der Waals surface area contributed by atoms with Crippen molar-refractivity contribution in [3.05, 3.63) is 23.2 Å². The molecule has 8 heteroatoms. The minimum atomic E-state index is -2.95. The lowest BCUT2D eigenvalue weighted by Gasteiger charge is -2.11. The Bertz CT molecular complexity index is 502. The summed E-state index contributed by atoms with van der Waals surface area (Å²) < 4.78 is 33.8. The molecule has 0 heterocycles. The lowest BCUT2D eigenvalue weighted by atomic mass is 10.2. The maximum absolute atomic E-state index is 12.1. The molecule has 2 amide bonds. The van der Waals surface area contributed by atoms with E-state index in [1.54, 1.807) is 0 Å². The second kappa shape index (κ2) is 10.2. The lowest BCUT2D eigenvalue weighted by molar-refractivity contribution is -0.0497. The van der Waals surface area contributed by atoms with Crippen molar-refractivity contribution in [3.8, 4) is 5.75 Å². The Labute approximate surface area is 139 Å². The molecule has 130 valence electrons. The highest BCUT2D eigenvalue weighted by atomic mass is 35.5. The molecule has 0 fully saturated rings. The number of benzene rings is 1. The van der Waals surface area contributed by atoms with E-state index in [1.807, 2.05) is 0 Å². The van der Waals surface area contributed by atoms with Gasteiger partial charge in [0.05, 0.1) is 5.02 Å². The predicted octanol–water partition coefficient (Wildman–Crippen LogP) is 4.13. The van der Waals surface area contributed by atoms with Crippen molar-refractivity contribution in [2.45, 2.75) is 26.9 Å². The lowest BCUT2D eigenvalue weighted by Crippen LogP contribution is -2.30. The second-order valence-electron chi connectivity index (χ2n) is 5.23. The van der Waals surface area contributed by atoms with E-state index < -0.39 is 12.6 Å². The fraction of sp³-hybridized carbons (Fsp3) is 0.533. The van der Waals surface area contributed by atoms with E-state index in [4.69, 9.17) is 16.3 Å². The van der Waals surface area contributed by atoms with Gasteiger partial charge in [0.1, 0.15) is 5.75 Å². The van der Waals surface area contributed by atoms with Crippen LogP contribution in [0.3, 0.4) is 0 Å². The largest absolute Gasteiger partial charge is 0.433 e. The quantitative estimate of drug-likeness (QED) is 0.658. The monoisotopic (exact) mass is 350 g/mol. The summed E-state index contributed by atoms with van der Waals surface area (Å²) in [4.78, 5) is 11.7. The average Bonchev–Trinajstić information content (AvgIpc) is 2.45. The molecule has 0 aromatic heterocycles. The standard InChI is InChI=1S/C15H21ClF2N2O3/c1-10(2)9-22-7-3-6-19-15(21)20-11-4-5-13(12(16)8-11)23-14(17)18/h4-5,8,10,14H,3,6-7,9H2,1-2H3,(H2,19,20,21). The van der Waals surface area contributed by atoms with Crippen LogP contribution in [0.2, 0.25) is 5.02 Å². The molecule has 0 saturated carbocycles. The SMILES string of the molecule is CC(C)COCCCNC(=O)Nc1ccc(OC(F)F)c(Cl)c1. The molecule has 5 nitrogen and oxygen atoms in total. The zero-order valence-electron chi connectivity index (χ0n) is 13.1. The van der Waals surface area contributed by atoms with Crippen molar-refractivity contribution in [2.75, 3.05) is 25.1 Å². The minimum Gasteiger partial charge on any atom is -0.433 e. The highest BCUT2D eigenvalue weighted by Gasteiger charge is 2.10. The number of nitrogens with one attached hydrogen (secondary N) is 2. The molecule has 1 rings (SSSR count). The van der Waals surface area contributed by atoms with Crippen molar-refractivity contribution in [2.24, 2.45) is 5.92 Å². The Morgan fingerprint density at radius 3 is 2.70 bits per heavy atom. The summed E-state index contributed by atoms with van der Waals surface area (Å²) in [5.74, 6) is 0.336. The van der Waals surface area contributed by atoms with Crippen LogP contribution >= 0.6 is 11.6 Å². The summed E-state index contributed by atoms with van der Waals surface area (Å²) in [6.45, 7) is 2.90. The molecule has 0 spiro atoms. The topological polar surface area (TPSA) is 59.6 Å². The van der Waals surface area contributed by atoms with Gasteiger partial charge in [-0.3, -0.25) is 0 Å². The maximum atomic E-state index is 12.1. The summed E-state index contributed by atoms with van der Waals surface area (Å²) >= 11 is 5.80. The van der Waals surface area contributed by atoms with Crippen LogP contribution in [0.4, 0.5) is 19.3 Å². The Hall–Kier alpha value is -1.60. The van der Waals surface area contributed by atoms with Crippen molar-refractivity contribution in [3.63, 3.8) is 0 Å². The molecule has 0 aliphatic rings. The van der Waals surface area contributed by atoms with Gasteiger partial charge in [-0.15, -0.1) is 0 Å². The number of hydrogen-bond donors (Lipinski definition) is 2. The van der Waals surface area contributed by atoms with Crippen LogP contribution in [0.15, 0.2) is 18.2 Å². The van der Waals surface area contributed by atoms with Crippen molar-refractivity contribution >= 4 is 23.3 Å². The highest BCUT2D eigenvalue weighted by molar-refractivity contribution is 6.32. The van der Waals surface area contributed by atoms with Gasteiger partial charge >= 0.3 is 12.6 Å². The minimum absolute atomic E-state index is 0.00909. The smallest absolute Gasteiger partial charge is 0.387 e. The molecule has 0 aliphatic carbocycles. The van der Waals surface area contributed by atoms with Crippen molar-refractivity contribution in [1.82, 2.24) is 5.32 Å². The maximum Gasteiger partial charge on any atom is 0.387 e. The number of hydrogen-bond acceptors (Lipinski definition) is 3. The van der Waals surface area contributed by atoms with Crippen LogP contribution in [-0.4, -0.2) is 32.4 Å². The predicted molar refractivity (Wildman–Crippen MR) is 85.4 cm³/mol. The van der Waals surface area contributed by atoms with Gasteiger partial charge in [0, 0.05) is 25.4 Å². The van der Waals surface area contributed by atoms with Crippen molar-refractivity contribution < 1.29 is 23.0 Å². The number of urea groups is 1. The first kappa shape index (κ1) is 19.4. The van der Waals surface area contributed by atoms with Crippen molar-refractivity contribution in [1.29, 1.82) is 0 Å². The third-order valence-corrected chi connectivity index (χ3v) is 2.90. The molecule has 0 radical (unpaired) electrons. The molecule has 1 aromatic rings. The zero-order valence-corrected chi connectivity index (χ0v) is 13.8. The first-order valence-corrected chi connectivity index (χ1v) is 7.63. The molecule has 0 bridgehead atoms. The fourth-order valence-corrected chi connectivity index (χ4v) is 1.87. The summed E-state index contributed by atoms with van der Waals surface area (Å²) in [6, 6.07) is 3.62. The molecule has 2 N–H and O–H groups in total. The zero-order chi connectivity index (χ0) is 17.2. The number of anilines is 1. The number of halogens is 3. The fourth-order valence-electron chi connectivity index (χ4n) is 1.64. The number of carbonyl (C=O) groups excluding carboxylic acids is 1. The molecule has 23 heavy (non-hydrogen) atoms. The number of amides is 2. The molecule has 0 saturated heterocycles. The van der Waals surface area contributed by atoms with Crippen LogP contribution in [0.1, 0.15) is 20.3 Å². The van der Waals surface area contributed by atoms with E-state index in [1.165, 1.54) is 18.2 Å². The van der Waals surface area contributed by atoms with E-state index in [-0.39, 0.29) is 10.8 Å². The van der Waals surface area contributed by atoms with E-state index >= 15 is 0 Å². The molecular weight excluding hydrogens is 330 g/mol. The van der Waals surface area contributed by atoms with Gasteiger partial charge in [-0.1, -0.05) is 25.4 Å². The molecular formula is C15H21ClF2N2O3.